The number of aromatic nitrogens is 1. The molecule has 2 rings (SSSR count). The number of oxazole rings is 1. The Balaban J connectivity index is 1.99. The molecule has 15 heavy (non-hydrogen) atoms. The molecule has 0 aliphatic heterocycles. The Morgan fingerprint density at radius 2 is 2.33 bits per heavy atom. The quantitative estimate of drug-likeness (QED) is 0.931. The molecule has 2 aromatic rings. The van der Waals surface area contributed by atoms with E-state index in [1.54, 1.807) is 18.2 Å². The Morgan fingerprint density at radius 3 is 3.00 bits per heavy atom. The summed E-state index contributed by atoms with van der Waals surface area (Å²) in [5.41, 5.74) is 0.685. The monoisotopic (exact) mass is 269 g/mol. The number of phenolic OH excluding ortho intramolecular Hbond substituents is 1. The predicted molar refractivity (Wildman–Crippen MR) is 56.6 cm³/mol. The average Bonchev–Trinajstić information content (AvgIpc) is 2.62. The lowest BCUT2D eigenvalue weighted by Gasteiger charge is -2.03. The van der Waals surface area contributed by atoms with Gasteiger partial charge in [-0.2, -0.15) is 0 Å². The van der Waals surface area contributed by atoms with E-state index in [4.69, 9.17) is 9.15 Å². The largest absolute Gasteiger partial charge is 0.508 e. The Hall–Kier alpha value is -1.49. The maximum absolute atomic E-state index is 9.19. The first-order chi connectivity index (χ1) is 7.24. The van der Waals surface area contributed by atoms with Crippen molar-refractivity contribution < 1.29 is 14.3 Å². The molecule has 0 amide bonds. The van der Waals surface area contributed by atoms with Gasteiger partial charge >= 0.3 is 0 Å². The van der Waals surface area contributed by atoms with Crippen LogP contribution in [-0.4, -0.2) is 10.1 Å². The third-order valence-corrected chi connectivity index (χ3v) is 2.09. The van der Waals surface area contributed by atoms with Crippen LogP contribution < -0.4 is 4.74 Å². The first-order valence-corrected chi connectivity index (χ1v) is 5.05. The van der Waals surface area contributed by atoms with Crippen molar-refractivity contribution in [2.45, 2.75) is 6.61 Å². The minimum atomic E-state index is 0.175. The van der Waals surface area contributed by atoms with Crippen LogP contribution in [0.5, 0.6) is 11.5 Å². The number of hydrogen-bond donors (Lipinski definition) is 1. The molecule has 0 aliphatic rings. The molecule has 5 heteroatoms. The molecule has 0 atom stereocenters. The number of phenols is 1. The van der Waals surface area contributed by atoms with E-state index in [0.717, 1.165) is 0 Å². The number of nitrogens with zero attached hydrogens (tertiary/aromatic N) is 1. The fourth-order valence-electron chi connectivity index (χ4n) is 1.08. The smallest absolute Gasteiger partial charge is 0.264 e. The molecule has 78 valence electrons. The van der Waals surface area contributed by atoms with Crippen molar-refractivity contribution in [3.63, 3.8) is 0 Å². The normalized spacial score (nSPS) is 10.2. The number of benzene rings is 1. The molecule has 4 nitrogen and oxygen atoms in total. The first kappa shape index (κ1) is 10.0. The van der Waals surface area contributed by atoms with Gasteiger partial charge in [-0.05, 0) is 12.1 Å². The number of rotatable bonds is 3. The second-order valence-corrected chi connectivity index (χ2v) is 3.56. The van der Waals surface area contributed by atoms with Crippen LogP contribution in [0.15, 0.2) is 39.7 Å². The Bertz CT molecular complexity index is 455. The minimum Gasteiger partial charge on any atom is -0.508 e. The summed E-state index contributed by atoms with van der Waals surface area (Å²) in [7, 11) is 0. The molecular weight excluding hydrogens is 262 g/mol. The van der Waals surface area contributed by atoms with Gasteiger partial charge in [-0.3, -0.25) is 0 Å². The maximum Gasteiger partial charge on any atom is 0.264 e. The van der Waals surface area contributed by atoms with Crippen molar-refractivity contribution in [3.8, 4) is 11.5 Å². The van der Waals surface area contributed by atoms with Crippen LogP contribution in [0.1, 0.15) is 5.69 Å². The van der Waals surface area contributed by atoms with Gasteiger partial charge in [-0.25, -0.2) is 4.98 Å². The van der Waals surface area contributed by atoms with Gasteiger partial charge in [0.05, 0.1) is 0 Å². The van der Waals surface area contributed by atoms with Crippen molar-refractivity contribution in [1.29, 1.82) is 0 Å². The molecule has 0 aliphatic carbocycles. The topological polar surface area (TPSA) is 55.5 Å². The molecule has 0 spiro atoms. The van der Waals surface area contributed by atoms with Gasteiger partial charge in [-0.1, -0.05) is 6.07 Å². The lowest BCUT2D eigenvalue weighted by molar-refractivity contribution is 0.299. The van der Waals surface area contributed by atoms with E-state index in [1.165, 1.54) is 12.3 Å². The summed E-state index contributed by atoms with van der Waals surface area (Å²) in [5, 5.41) is 9.19. The van der Waals surface area contributed by atoms with Gasteiger partial charge in [0.15, 0.2) is 0 Å². The summed E-state index contributed by atoms with van der Waals surface area (Å²) in [6.07, 6.45) is 1.51. The Morgan fingerprint density at radius 1 is 1.47 bits per heavy atom. The van der Waals surface area contributed by atoms with Crippen LogP contribution in [0.4, 0.5) is 0 Å². The van der Waals surface area contributed by atoms with Crippen molar-refractivity contribution in [1.82, 2.24) is 4.98 Å². The summed E-state index contributed by atoms with van der Waals surface area (Å²) in [6, 6.07) is 6.59. The molecule has 1 aromatic heterocycles. The van der Waals surface area contributed by atoms with Crippen LogP contribution in [0, 0.1) is 0 Å². The van der Waals surface area contributed by atoms with Crippen molar-refractivity contribution >= 4 is 15.9 Å². The molecule has 1 N–H and O–H groups in total. The lowest BCUT2D eigenvalue weighted by Crippen LogP contribution is -1.95. The van der Waals surface area contributed by atoms with Crippen molar-refractivity contribution in [2.75, 3.05) is 0 Å². The fourth-order valence-corrected chi connectivity index (χ4v) is 1.40. The Kier molecular flexibility index (Phi) is 2.91. The standard InChI is InChI=1S/C10H8BrNO3/c11-10-12-7(6-15-10)5-14-9-3-1-2-8(13)4-9/h1-4,6,13H,5H2. The summed E-state index contributed by atoms with van der Waals surface area (Å²) < 4.78 is 10.3. The maximum atomic E-state index is 9.19. The second-order valence-electron chi connectivity index (χ2n) is 2.88. The lowest BCUT2D eigenvalue weighted by atomic mass is 10.3. The van der Waals surface area contributed by atoms with Gasteiger partial charge in [-0.15, -0.1) is 0 Å². The van der Waals surface area contributed by atoms with Crippen LogP contribution in [0.3, 0.4) is 0 Å². The van der Waals surface area contributed by atoms with E-state index >= 15 is 0 Å². The molecular formula is C10H8BrNO3. The molecule has 0 unspecified atom stereocenters. The van der Waals surface area contributed by atoms with Crippen molar-refractivity contribution in [3.05, 3.63) is 41.0 Å². The predicted octanol–water partition coefficient (Wildman–Crippen LogP) is 2.72. The fraction of sp³-hybridized carbons (Fsp3) is 0.100. The summed E-state index contributed by atoms with van der Waals surface area (Å²) in [4.78, 5) is 4.44. The molecule has 0 saturated carbocycles. The third kappa shape index (κ3) is 2.73. The van der Waals surface area contributed by atoms with Gasteiger partial charge < -0.3 is 14.3 Å². The number of ether oxygens (including phenoxy) is 1. The third-order valence-electron chi connectivity index (χ3n) is 1.73. The van der Waals surface area contributed by atoms with Gasteiger partial charge in [0.25, 0.3) is 4.80 Å². The van der Waals surface area contributed by atoms with Crippen molar-refractivity contribution in [2.24, 2.45) is 0 Å². The van der Waals surface area contributed by atoms with Crippen LogP contribution in [0.25, 0.3) is 0 Å². The van der Waals surface area contributed by atoms with E-state index in [2.05, 4.69) is 20.9 Å². The first-order valence-electron chi connectivity index (χ1n) is 4.26. The number of halogens is 1. The van der Waals surface area contributed by atoms with E-state index in [-0.39, 0.29) is 5.75 Å². The second kappa shape index (κ2) is 4.35. The van der Waals surface area contributed by atoms with Gasteiger partial charge in [0, 0.05) is 22.0 Å². The zero-order chi connectivity index (χ0) is 10.7. The molecule has 0 radical (unpaired) electrons. The Labute approximate surface area is 94.6 Å². The van der Waals surface area contributed by atoms with E-state index in [0.29, 0.717) is 22.9 Å². The highest BCUT2D eigenvalue weighted by Gasteiger charge is 2.02. The zero-order valence-corrected chi connectivity index (χ0v) is 9.27. The summed E-state index contributed by atoms with van der Waals surface area (Å²) in [5.74, 6) is 0.767. The highest BCUT2D eigenvalue weighted by Crippen LogP contribution is 2.19. The molecule has 1 aromatic carbocycles. The average molecular weight is 270 g/mol. The SMILES string of the molecule is Oc1cccc(OCc2coc(Br)n2)c1. The van der Waals surface area contributed by atoms with Crippen LogP contribution in [0.2, 0.25) is 0 Å². The molecule has 0 bridgehead atoms. The van der Waals surface area contributed by atoms with Gasteiger partial charge in [0.1, 0.15) is 30.1 Å². The molecule has 1 heterocycles. The van der Waals surface area contributed by atoms with E-state index < -0.39 is 0 Å². The van der Waals surface area contributed by atoms with E-state index in [9.17, 15) is 5.11 Å². The van der Waals surface area contributed by atoms with Crippen LogP contribution >= 0.6 is 15.9 Å². The highest BCUT2D eigenvalue weighted by atomic mass is 79.9. The number of aromatic hydroxyl groups is 1. The van der Waals surface area contributed by atoms with E-state index in [1.807, 2.05) is 0 Å². The van der Waals surface area contributed by atoms with Crippen LogP contribution in [-0.2, 0) is 6.61 Å². The molecule has 0 fully saturated rings. The van der Waals surface area contributed by atoms with Gasteiger partial charge in [0.2, 0.25) is 0 Å². The summed E-state index contributed by atoms with van der Waals surface area (Å²) >= 11 is 3.10. The molecule has 0 saturated heterocycles. The minimum absolute atomic E-state index is 0.175. The number of hydrogen-bond acceptors (Lipinski definition) is 4. The highest BCUT2D eigenvalue weighted by molar-refractivity contribution is 9.10. The zero-order valence-electron chi connectivity index (χ0n) is 7.68. The summed E-state index contributed by atoms with van der Waals surface area (Å²) in [6.45, 7) is 0.304.